The summed E-state index contributed by atoms with van der Waals surface area (Å²) in [5.41, 5.74) is 1.16. The maximum atomic E-state index is 14.7. The van der Waals surface area contributed by atoms with Gasteiger partial charge in [0.15, 0.2) is 5.78 Å². The maximum Gasteiger partial charge on any atom is 0.269 e. The Morgan fingerprint density at radius 2 is 1.60 bits per heavy atom. The van der Waals surface area contributed by atoms with Gasteiger partial charge in [0.05, 0.1) is 11.6 Å². The molecule has 2 unspecified atom stereocenters. The smallest absolute Gasteiger partial charge is 0.269 e. The Balaban J connectivity index is 1.43. The van der Waals surface area contributed by atoms with Crippen LogP contribution in [0.5, 0.6) is 0 Å². The van der Waals surface area contributed by atoms with E-state index in [4.69, 9.17) is 0 Å². The lowest BCUT2D eigenvalue weighted by molar-refractivity contribution is -0.160. The van der Waals surface area contributed by atoms with Gasteiger partial charge in [0.1, 0.15) is 23.8 Å². The lowest BCUT2D eigenvalue weighted by atomic mass is 9.60. The number of rotatable bonds is 13. The van der Waals surface area contributed by atoms with Gasteiger partial charge in [-0.05, 0) is 88.0 Å². The highest BCUT2D eigenvalue weighted by atomic mass is 16.2. The van der Waals surface area contributed by atoms with E-state index in [1.807, 2.05) is 20.8 Å². The van der Waals surface area contributed by atoms with Gasteiger partial charge in [0.25, 0.3) is 5.91 Å². The number of nitrogens with one attached hydrogen (secondary N) is 4. The number of aryl methyl sites for hydroxylation is 1. The fourth-order valence-corrected chi connectivity index (χ4v) is 9.75. The van der Waals surface area contributed by atoms with Crippen LogP contribution in [-0.2, 0) is 24.0 Å². The van der Waals surface area contributed by atoms with Crippen molar-refractivity contribution in [1.29, 1.82) is 0 Å². The Hall–Kier alpha value is -3.83. The molecule has 2 saturated carbocycles. The van der Waals surface area contributed by atoms with Gasteiger partial charge < -0.3 is 25.8 Å². The first-order chi connectivity index (χ1) is 24.5. The van der Waals surface area contributed by atoms with Crippen molar-refractivity contribution in [2.75, 3.05) is 0 Å². The van der Waals surface area contributed by atoms with Crippen LogP contribution in [0.4, 0.5) is 0 Å². The summed E-state index contributed by atoms with van der Waals surface area (Å²) in [6.07, 6.45) is 8.33. The Morgan fingerprint density at radius 3 is 2.21 bits per heavy atom. The second-order valence-electron chi connectivity index (χ2n) is 16.8. The summed E-state index contributed by atoms with van der Waals surface area (Å²) >= 11 is 0. The molecule has 12 heteroatoms. The van der Waals surface area contributed by atoms with Gasteiger partial charge in [-0.2, -0.15) is 0 Å². The predicted octanol–water partition coefficient (Wildman–Crippen LogP) is 4.50. The fourth-order valence-electron chi connectivity index (χ4n) is 9.75. The van der Waals surface area contributed by atoms with Crippen molar-refractivity contribution >= 4 is 41.0 Å². The standard InChI is InChI=1S/C40H59N5O7/c1-9-14-27(34(48)33(47)20(2)3)42-36(49)28-19-25-17-13-18-26-32(25)45(28)39(52)35(40(26,7)8)44-37(50)30(24-15-11-10-12-16-24)43-38(51)31-29(23(6)46)21(4)22(5)41-31/h20,24-28,30,32,35,41H,9-19H2,1-8H3,(H,42,49)(H,43,51)(H,44,50)/t25-,26?,27-,28-,30?,32+,35+/m0/s1. The summed E-state index contributed by atoms with van der Waals surface area (Å²) < 4.78 is 0. The van der Waals surface area contributed by atoms with Crippen LogP contribution in [0.1, 0.15) is 144 Å². The molecule has 4 fully saturated rings. The van der Waals surface area contributed by atoms with E-state index in [0.29, 0.717) is 36.1 Å². The van der Waals surface area contributed by atoms with E-state index in [9.17, 15) is 33.6 Å². The molecule has 0 radical (unpaired) electrons. The monoisotopic (exact) mass is 721 g/mol. The number of hydrogen-bond donors (Lipinski definition) is 4. The summed E-state index contributed by atoms with van der Waals surface area (Å²) in [4.78, 5) is 100. The first-order valence-corrected chi connectivity index (χ1v) is 19.5. The summed E-state index contributed by atoms with van der Waals surface area (Å²) in [5, 5.41) is 8.92. The van der Waals surface area contributed by atoms with Crippen LogP contribution >= 0.6 is 0 Å². The number of hydrogen-bond acceptors (Lipinski definition) is 7. The van der Waals surface area contributed by atoms with Crippen LogP contribution in [0.15, 0.2) is 0 Å². The van der Waals surface area contributed by atoms with Crippen molar-refractivity contribution in [2.45, 2.75) is 156 Å². The van der Waals surface area contributed by atoms with Gasteiger partial charge >= 0.3 is 0 Å². The van der Waals surface area contributed by atoms with E-state index in [0.717, 1.165) is 51.4 Å². The van der Waals surface area contributed by atoms with Gasteiger partial charge in [-0.25, -0.2) is 0 Å². The van der Waals surface area contributed by atoms with Crippen LogP contribution in [0.25, 0.3) is 0 Å². The molecular formula is C40H59N5O7. The normalized spacial score (nSPS) is 26.7. The summed E-state index contributed by atoms with van der Waals surface area (Å²) in [6, 6.07) is -3.88. The first-order valence-electron chi connectivity index (χ1n) is 19.5. The molecule has 52 heavy (non-hydrogen) atoms. The SMILES string of the molecule is CCC[C@H](NC(=O)[C@@H]1C[C@@H]2CCCC3[C@@H]2N1C(=O)[C@@H](NC(=O)C(NC(=O)c1[nH]c(C)c(C)c1C(C)=O)C1CCCCC1)C3(C)C)C(=O)C(=O)C(C)C. The minimum Gasteiger partial charge on any atom is -0.354 e. The molecule has 0 aromatic carbocycles. The van der Waals surface area contributed by atoms with Crippen molar-refractivity contribution < 1.29 is 33.6 Å². The number of piperidine rings is 1. The van der Waals surface area contributed by atoms with E-state index in [-0.39, 0.29) is 41.2 Å². The third kappa shape index (κ3) is 7.36. The zero-order chi connectivity index (χ0) is 38.2. The number of aromatic nitrogens is 1. The average molecular weight is 722 g/mol. The van der Waals surface area contributed by atoms with E-state index in [1.54, 1.807) is 32.6 Å². The van der Waals surface area contributed by atoms with E-state index >= 15 is 0 Å². The number of aromatic amines is 1. The lowest BCUT2D eigenvalue weighted by Crippen LogP contribution is -2.70. The summed E-state index contributed by atoms with van der Waals surface area (Å²) in [7, 11) is 0. The van der Waals surface area contributed by atoms with Crippen LogP contribution in [0, 0.1) is 42.9 Å². The zero-order valence-corrected chi connectivity index (χ0v) is 32.3. The van der Waals surface area contributed by atoms with Gasteiger partial charge in [0, 0.05) is 17.7 Å². The van der Waals surface area contributed by atoms with Crippen molar-refractivity contribution in [2.24, 2.45) is 29.1 Å². The molecule has 2 aliphatic carbocycles. The molecule has 4 amide bonds. The minimum absolute atomic E-state index is 0.00774. The molecule has 1 aromatic rings. The summed E-state index contributed by atoms with van der Waals surface area (Å²) in [6.45, 7) is 14.2. The third-order valence-electron chi connectivity index (χ3n) is 12.7. The van der Waals surface area contributed by atoms with Crippen LogP contribution < -0.4 is 16.0 Å². The molecule has 2 aliphatic heterocycles. The highest BCUT2D eigenvalue weighted by molar-refractivity contribution is 6.40. The molecule has 2 saturated heterocycles. The Kier molecular flexibility index (Phi) is 11.8. The molecule has 0 spiro atoms. The highest BCUT2D eigenvalue weighted by Gasteiger charge is 2.62. The number of H-pyrrole nitrogens is 1. The van der Waals surface area contributed by atoms with Crippen LogP contribution in [0.2, 0.25) is 0 Å². The Labute approximate surface area is 307 Å². The van der Waals surface area contributed by atoms with Crippen LogP contribution in [-0.4, -0.2) is 81.1 Å². The minimum atomic E-state index is -0.965. The highest BCUT2D eigenvalue weighted by Crippen LogP contribution is 2.54. The fraction of sp³-hybridized carbons (Fsp3) is 0.725. The van der Waals surface area contributed by atoms with Crippen LogP contribution in [0.3, 0.4) is 0 Å². The Morgan fingerprint density at radius 1 is 0.923 bits per heavy atom. The molecule has 12 nitrogen and oxygen atoms in total. The van der Waals surface area contributed by atoms with E-state index in [1.165, 1.54) is 6.92 Å². The largest absolute Gasteiger partial charge is 0.354 e. The van der Waals surface area contributed by atoms with Gasteiger partial charge in [-0.15, -0.1) is 0 Å². The molecular weight excluding hydrogens is 662 g/mol. The molecule has 3 heterocycles. The number of ketones is 3. The number of carbonyl (C=O) groups excluding carboxylic acids is 7. The third-order valence-corrected chi connectivity index (χ3v) is 12.7. The van der Waals surface area contributed by atoms with E-state index < -0.39 is 64.8 Å². The number of amides is 4. The molecule has 4 N–H and O–H groups in total. The molecule has 4 aliphatic rings. The average Bonchev–Trinajstić information content (AvgIpc) is 3.65. The first kappa shape index (κ1) is 39.4. The Bertz CT molecular complexity index is 1600. The molecule has 7 atom stereocenters. The quantitative estimate of drug-likeness (QED) is 0.171. The maximum absolute atomic E-state index is 14.7. The van der Waals surface area contributed by atoms with E-state index in [2.05, 4.69) is 20.9 Å². The van der Waals surface area contributed by atoms with Gasteiger partial charge in [-0.3, -0.25) is 33.6 Å². The van der Waals surface area contributed by atoms with Crippen molar-refractivity contribution in [3.05, 3.63) is 22.5 Å². The topological polar surface area (TPSA) is 175 Å². The van der Waals surface area contributed by atoms with Gasteiger partial charge in [-0.1, -0.05) is 66.7 Å². The zero-order valence-electron chi connectivity index (χ0n) is 32.3. The molecule has 1 aromatic heterocycles. The number of carbonyl (C=O) groups is 7. The van der Waals surface area contributed by atoms with Crippen molar-refractivity contribution in [3.8, 4) is 0 Å². The molecule has 286 valence electrons. The second kappa shape index (κ2) is 15.6. The lowest BCUT2D eigenvalue weighted by Gasteiger charge is -2.55. The summed E-state index contributed by atoms with van der Waals surface area (Å²) in [5.74, 6) is -3.73. The van der Waals surface area contributed by atoms with Crippen molar-refractivity contribution in [3.63, 3.8) is 0 Å². The van der Waals surface area contributed by atoms with Crippen molar-refractivity contribution in [1.82, 2.24) is 25.8 Å². The molecule has 0 bridgehead atoms. The predicted molar refractivity (Wildman–Crippen MR) is 195 cm³/mol. The number of nitrogens with zero attached hydrogens (tertiary/aromatic N) is 1. The second-order valence-corrected chi connectivity index (χ2v) is 16.8. The van der Waals surface area contributed by atoms with Gasteiger partial charge in [0.2, 0.25) is 29.3 Å². The molecule has 5 rings (SSSR count). The number of Topliss-reactive ketones (excluding diaryl/α,β-unsaturated/α-hetero) is 3.